The van der Waals surface area contributed by atoms with E-state index in [2.05, 4.69) is 12.2 Å². The summed E-state index contributed by atoms with van der Waals surface area (Å²) < 4.78 is 0. The Bertz CT molecular complexity index is 281. The van der Waals surface area contributed by atoms with Crippen molar-refractivity contribution in [1.29, 1.82) is 0 Å². The molecule has 0 saturated carbocycles. The van der Waals surface area contributed by atoms with Gasteiger partial charge in [-0.05, 0) is 39.7 Å². The molecule has 1 amide bonds. The first-order valence-corrected chi connectivity index (χ1v) is 7.11. The average molecular weight is 254 g/mol. The van der Waals surface area contributed by atoms with Crippen LogP contribution in [0.1, 0.15) is 52.9 Å². The van der Waals surface area contributed by atoms with Crippen LogP contribution in [0.25, 0.3) is 0 Å². The Kier molecular flexibility index (Phi) is 6.33. The van der Waals surface area contributed by atoms with E-state index in [1.165, 1.54) is 0 Å². The number of amides is 1. The minimum atomic E-state index is -0.209. The summed E-state index contributed by atoms with van der Waals surface area (Å²) in [6, 6.07) is -0.0785. The van der Waals surface area contributed by atoms with Gasteiger partial charge in [0, 0.05) is 6.04 Å². The smallest absolute Gasteiger partial charge is 0.237 e. The molecule has 1 saturated heterocycles. The lowest BCUT2D eigenvalue weighted by Gasteiger charge is -2.36. The molecule has 1 N–H and O–H groups in total. The predicted molar refractivity (Wildman–Crippen MR) is 72.4 cm³/mol. The first kappa shape index (κ1) is 15.2. The zero-order valence-electron chi connectivity index (χ0n) is 11.8. The predicted octanol–water partition coefficient (Wildman–Crippen LogP) is 1.73. The number of piperidine rings is 1. The minimum Gasteiger partial charge on any atom is -0.352 e. The van der Waals surface area contributed by atoms with Gasteiger partial charge in [0.1, 0.15) is 6.29 Å². The van der Waals surface area contributed by atoms with Gasteiger partial charge in [0.15, 0.2) is 0 Å². The molecule has 0 spiro atoms. The van der Waals surface area contributed by atoms with Gasteiger partial charge >= 0.3 is 0 Å². The number of carbonyl (C=O) groups excluding carboxylic acids is 2. The maximum Gasteiger partial charge on any atom is 0.237 e. The van der Waals surface area contributed by atoms with Crippen LogP contribution in [0.4, 0.5) is 0 Å². The lowest BCUT2D eigenvalue weighted by Crippen LogP contribution is -2.53. The number of rotatable bonds is 6. The molecule has 104 valence electrons. The molecule has 3 unspecified atom stereocenters. The van der Waals surface area contributed by atoms with Crippen LogP contribution >= 0.6 is 0 Å². The Morgan fingerprint density at radius 2 is 2.17 bits per heavy atom. The number of aldehydes is 1. The topological polar surface area (TPSA) is 49.4 Å². The van der Waals surface area contributed by atoms with E-state index in [9.17, 15) is 9.59 Å². The molecule has 0 aliphatic carbocycles. The number of nitrogens with one attached hydrogen (secondary N) is 1. The van der Waals surface area contributed by atoms with Crippen molar-refractivity contribution in [3.8, 4) is 0 Å². The second-order valence-corrected chi connectivity index (χ2v) is 5.31. The van der Waals surface area contributed by atoms with Crippen molar-refractivity contribution in [3.63, 3.8) is 0 Å². The molecule has 0 bridgehead atoms. The lowest BCUT2D eigenvalue weighted by atomic mass is 10.0. The van der Waals surface area contributed by atoms with Crippen molar-refractivity contribution in [2.24, 2.45) is 0 Å². The normalized spacial score (nSPS) is 24.3. The minimum absolute atomic E-state index is 0.0460. The molecule has 18 heavy (non-hydrogen) atoms. The third-order valence-electron chi connectivity index (χ3n) is 3.74. The standard InChI is InChI=1S/C14H26N2O2/c1-4-7-11(2)15-14(18)12(3)16-9-6-5-8-13(16)10-17/h10-13H,4-9H2,1-3H3,(H,15,18). The maximum atomic E-state index is 12.1. The summed E-state index contributed by atoms with van der Waals surface area (Å²) in [4.78, 5) is 25.2. The van der Waals surface area contributed by atoms with Gasteiger partial charge in [-0.2, -0.15) is 0 Å². The Balaban J connectivity index is 2.53. The van der Waals surface area contributed by atoms with E-state index in [1.807, 2.05) is 18.7 Å². The van der Waals surface area contributed by atoms with Crippen LogP contribution < -0.4 is 5.32 Å². The Hall–Kier alpha value is -0.900. The monoisotopic (exact) mass is 254 g/mol. The van der Waals surface area contributed by atoms with Gasteiger partial charge in [-0.25, -0.2) is 0 Å². The number of carbonyl (C=O) groups is 2. The molecular weight excluding hydrogens is 228 g/mol. The van der Waals surface area contributed by atoms with Crippen LogP contribution in [0.3, 0.4) is 0 Å². The van der Waals surface area contributed by atoms with E-state index in [1.54, 1.807) is 0 Å². The summed E-state index contributed by atoms with van der Waals surface area (Å²) >= 11 is 0. The summed E-state index contributed by atoms with van der Waals surface area (Å²) in [6.45, 7) is 6.89. The van der Waals surface area contributed by atoms with Crippen molar-refractivity contribution >= 4 is 12.2 Å². The van der Waals surface area contributed by atoms with Gasteiger partial charge in [-0.1, -0.05) is 19.8 Å². The molecule has 0 aromatic rings. The van der Waals surface area contributed by atoms with Crippen molar-refractivity contribution in [2.75, 3.05) is 6.54 Å². The first-order chi connectivity index (χ1) is 8.60. The van der Waals surface area contributed by atoms with Gasteiger partial charge in [0.25, 0.3) is 0 Å². The molecule has 1 aliphatic heterocycles. The molecule has 0 aromatic heterocycles. The highest BCUT2D eigenvalue weighted by molar-refractivity contribution is 5.82. The third kappa shape index (κ3) is 4.09. The maximum absolute atomic E-state index is 12.1. The fourth-order valence-electron chi connectivity index (χ4n) is 2.63. The molecule has 1 aliphatic rings. The number of nitrogens with zero attached hydrogens (tertiary/aromatic N) is 1. The molecule has 0 aromatic carbocycles. The highest BCUT2D eigenvalue weighted by Crippen LogP contribution is 2.18. The van der Waals surface area contributed by atoms with Crippen LogP contribution in [0.15, 0.2) is 0 Å². The van der Waals surface area contributed by atoms with Gasteiger partial charge in [0.2, 0.25) is 5.91 Å². The number of hydrogen-bond donors (Lipinski definition) is 1. The van der Waals surface area contributed by atoms with Crippen molar-refractivity contribution in [3.05, 3.63) is 0 Å². The van der Waals surface area contributed by atoms with E-state index >= 15 is 0 Å². The van der Waals surface area contributed by atoms with E-state index in [-0.39, 0.29) is 24.0 Å². The summed E-state index contributed by atoms with van der Waals surface area (Å²) in [5, 5.41) is 3.03. The number of hydrogen-bond acceptors (Lipinski definition) is 3. The molecule has 1 fully saturated rings. The van der Waals surface area contributed by atoms with Crippen LogP contribution in [0.5, 0.6) is 0 Å². The second-order valence-electron chi connectivity index (χ2n) is 5.31. The van der Waals surface area contributed by atoms with Crippen LogP contribution in [-0.4, -0.2) is 41.8 Å². The van der Waals surface area contributed by atoms with E-state index in [0.29, 0.717) is 0 Å². The molecule has 3 atom stereocenters. The largest absolute Gasteiger partial charge is 0.352 e. The quantitative estimate of drug-likeness (QED) is 0.734. The van der Waals surface area contributed by atoms with Gasteiger partial charge in [0.05, 0.1) is 12.1 Å². The van der Waals surface area contributed by atoms with Gasteiger partial charge in [-0.15, -0.1) is 0 Å². The SMILES string of the molecule is CCCC(C)NC(=O)C(C)N1CCCCC1C=O. The highest BCUT2D eigenvalue weighted by Gasteiger charge is 2.30. The molecule has 0 radical (unpaired) electrons. The Labute approximate surface area is 110 Å². The zero-order valence-corrected chi connectivity index (χ0v) is 11.8. The van der Waals surface area contributed by atoms with E-state index < -0.39 is 0 Å². The Morgan fingerprint density at radius 1 is 1.44 bits per heavy atom. The van der Waals surface area contributed by atoms with Gasteiger partial charge in [-0.3, -0.25) is 9.69 Å². The van der Waals surface area contributed by atoms with E-state index in [4.69, 9.17) is 0 Å². The molecule has 4 heteroatoms. The Morgan fingerprint density at radius 3 is 2.78 bits per heavy atom. The average Bonchev–Trinajstić information content (AvgIpc) is 2.38. The molecule has 1 heterocycles. The lowest BCUT2D eigenvalue weighted by molar-refractivity contribution is -0.129. The summed E-state index contributed by atoms with van der Waals surface area (Å²) in [7, 11) is 0. The van der Waals surface area contributed by atoms with Crippen LogP contribution in [0.2, 0.25) is 0 Å². The fourth-order valence-corrected chi connectivity index (χ4v) is 2.63. The molecule has 1 rings (SSSR count). The summed E-state index contributed by atoms with van der Waals surface area (Å²) in [6.07, 6.45) is 6.09. The molecule has 4 nitrogen and oxygen atoms in total. The fraction of sp³-hybridized carbons (Fsp3) is 0.857. The van der Waals surface area contributed by atoms with Crippen molar-refractivity contribution in [2.45, 2.75) is 71.0 Å². The third-order valence-corrected chi connectivity index (χ3v) is 3.74. The molecular formula is C14H26N2O2. The van der Waals surface area contributed by atoms with E-state index in [0.717, 1.165) is 44.9 Å². The first-order valence-electron chi connectivity index (χ1n) is 7.11. The summed E-state index contributed by atoms with van der Waals surface area (Å²) in [5.74, 6) is 0.0460. The number of likely N-dealkylation sites (tertiary alicyclic amines) is 1. The zero-order chi connectivity index (χ0) is 13.5. The van der Waals surface area contributed by atoms with Crippen LogP contribution in [-0.2, 0) is 9.59 Å². The summed E-state index contributed by atoms with van der Waals surface area (Å²) in [5.41, 5.74) is 0. The highest BCUT2D eigenvalue weighted by atomic mass is 16.2. The van der Waals surface area contributed by atoms with Gasteiger partial charge < -0.3 is 10.1 Å². The van der Waals surface area contributed by atoms with Crippen molar-refractivity contribution in [1.82, 2.24) is 10.2 Å². The van der Waals surface area contributed by atoms with Crippen molar-refractivity contribution < 1.29 is 9.59 Å². The van der Waals surface area contributed by atoms with Crippen LogP contribution in [0, 0.1) is 0 Å². The second kappa shape index (κ2) is 7.52.